The minimum absolute atomic E-state index is 0.00829. The summed E-state index contributed by atoms with van der Waals surface area (Å²) in [4.78, 5) is 25.0. The summed E-state index contributed by atoms with van der Waals surface area (Å²) >= 11 is 0. The molecule has 1 aromatic rings. The molecule has 6 nitrogen and oxygen atoms in total. The number of H-pyrrole nitrogens is 1. The van der Waals surface area contributed by atoms with E-state index in [4.69, 9.17) is 9.47 Å². The van der Waals surface area contributed by atoms with Crippen molar-refractivity contribution in [2.75, 3.05) is 13.7 Å². The summed E-state index contributed by atoms with van der Waals surface area (Å²) in [6.45, 7) is 2.09. The van der Waals surface area contributed by atoms with Gasteiger partial charge in [0.2, 0.25) is 11.6 Å². The van der Waals surface area contributed by atoms with Crippen LogP contribution in [0.1, 0.15) is 6.92 Å². The Balaban J connectivity index is 3.44. The van der Waals surface area contributed by atoms with Gasteiger partial charge in [-0.2, -0.15) is 0 Å². The fraction of sp³-hybridized carbons (Fsp3) is 0.500. The molecule has 0 saturated heterocycles. The highest BCUT2D eigenvalue weighted by atomic mass is 16.5. The lowest BCUT2D eigenvalue weighted by molar-refractivity contribution is 0.291. The molecule has 78 valence electrons. The molecule has 1 heterocycles. The van der Waals surface area contributed by atoms with Crippen molar-refractivity contribution in [1.82, 2.24) is 9.55 Å². The van der Waals surface area contributed by atoms with Crippen LogP contribution < -0.4 is 20.7 Å². The van der Waals surface area contributed by atoms with Crippen LogP contribution >= 0.6 is 0 Å². The Labute approximate surface area is 80.1 Å². The van der Waals surface area contributed by atoms with Gasteiger partial charge in [-0.15, -0.1) is 0 Å². The number of hydrogen-bond donors (Lipinski definition) is 1. The molecule has 0 bridgehead atoms. The molecule has 0 atom stereocenters. The van der Waals surface area contributed by atoms with Gasteiger partial charge < -0.3 is 9.47 Å². The molecule has 14 heavy (non-hydrogen) atoms. The number of methoxy groups -OCH3 is 1. The monoisotopic (exact) mass is 200 g/mol. The van der Waals surface area contributed by atoms with Gasteiger partial charge in [-0.05, 0) is 6.92 Å². The van der Waals surface area contributed by atoms with E-state index in [1.54, 1.807) is 6.92 Å². The van der Waals surface area contributed by atoms with E-state index in [0.29, 0.717) is 6.61 Å². The molecule has 1 N–H and O–H groups in total. The quantitative estimate of drug-likeness (QED) is 0.712. The van der Waals surface area contributed by atoms with Crippen LogP contribution in [0, 0.1) is 0 Å². The zero-order chi connectivity index (χ0) is 10.7. The van der Waals surface area contributed by atoms with Gasteiger partial charge >= 0.3 is 11.2 Å². The molecule has 0 fully saturated rings. The van der Waals surface area contributed by atoms with Gasteiger partial charge in [0.25, 0.3) is 0 Å². The molecule has 0 aliphatic heterocycles. The summed E-state index contributed by atoms with van der Waals surface area (Å²) in [6.07, 6.45) is 0. The van der Waals surface area contributed by atoms with Gasteiger partial charge in [-0.3, -0.25) is 14.3 Å². The minimum atomic E-state index is -0.528. The molecule has 0 radical (unpaired) electrons. The highest BCUT2D eigenvalue weighted by molar-refractivity contribution is 5.29. The molecule has 0 aliphatic carbocycles. The van der Waals surface area contributed by atoms with E-state index in [1.165, 1.54) is 14.2 Å². The normalized spacial score (nSPS) is 9.93. The summed E-state index contributed by atoms with van der Waals surface area (Å²) in [7, 11) is 2.71. The second-order valence-corrected chi connectivity index (χ2v) is 2.59. The topological polar surface area (TPSA) is 73.3 Å². The van der Waals surface area contributed by atoms with E-state index in [9.17, 15) is 9.59 Å². The van der Waals surface area contributed by atoms with Gasteiger partial charge in [0.1, 0.15) is 0 Å². The molecular weight excluding hydrogens is 188 g/mol. The summed E-state index contributed by atoms with van der Waals surface area (Å²) in [5.74, 6) is 0.0806. The Morgan fingerprint density at radius 3 is 2.57 bits per heavy atom. The van der Waals surface area contributed by atoms with Gasteiger partial charge in [0.05, 0.1) is 13.7 Å². The highest BCUT2D eigenvalue weighted by Crippen LogP contribution is 2.15. The average molecular weight is 200 g/mol. The van der Waals surface area contributed by atoms with Crippen LogP contribution in [0.3, 0.4) is 0 Å². The number of ether oxygens (including phenoxy) is 2. The Hall–Kier alpha value is -1.72. The summed E-state index contributed by atoms with van der Waals surface area (Å²) < 4.78 is 10.8. The van der Waals surface area contributed by atoms with Crippen LogP contribution in [-0.4, -0.2) is 23.3 Å². The first-order chi connectivity index (χ1) is 6.61. The smallest absolute Gasteiger partial charge is 0.331 e. The Morgan fingerprint density at radius 1 is 1.43 bits per heavy atom. The van der Waals surface area contributed by atoms with Crippen LogP contribution in [0.25, 0.3) is 0 Å². The fourth-order valence-electron chi connectivity index (χ4n) is 1.01. The molecule has 6 heteroatoms. The van der Waals surface area contributed by atoms with Gasteiger partial charge in [0, 0.05) is 7.05 Å². The predicted octanol–water partition coefficient (Wildman–Crippen LogP) is -0.519. The van der Waals surface area contributed by atoms with E-state index in [1.807, 2.05) is 0 Å². The zero-order valence-corrected chi connectivity index (χ0v) is 8.29. The van der Waals surface area contributed by atoms with E-state index in [2.05, 4.69) is 4.98 Å². The molecule has 0 unspecified atom stereocenters. The first-order valence-corrected chi connectivity index (χ1v) is 4.11. The molecule has 0 amide bonds. The SMILES string of the molecule is CCOc1[nH]c(=O)n(C)c(=O)c1OC. The van der Waals surface area contributed by atoms with Gasteiger partial charge in [-0.25, -0.2) is 4.79 Å². The lowest BCUT2D eigenvalue weighted by atomic mass is 10.5. The van der Waals surface area contributed by atoms with Crippen LogP contribution in [0.4, 0.5) is 0 Å². The van der Waals surface area contributed by atoms with Crippen LogP contribution in [-0.2, 0) is 7.05 Å². The Morgan fingerprint density at radius 2 is 2.07 bits per heavy atom. The maximum absolute atomic E-state index is 11.5. The average Bonchev–Trinajstić information content (AvgIpc) is 2.16. The van der Waals surface area contributed by atoms with Crippen molar-refractivity contribution in [2.45, 2.75) is 6.92 Å². The standard InChI is InChI=1S/C8H12N2O4/c1-4-14-6-5(13-3)7(11)10(2)8(12)9-6/h4H2,1-3H3,(H,9,12). The van der Waals surface area contributed by atoms with Crippen molar-refractivity contribution in [3.05, 3.63) is 20.8 Å². The predicted molar refractivity (Wildman–Crippen MR) is 50.0 cm³/mol. The van der Waals surface area contributed by atoms with Crippen molar-refractivity contribution >= 4 is 0 Å². The number of aromatic nitrogens is 2. The summed E-state index contributed by atoms with van der Waals surface area (Å²) in [5, 5.41) is 0. The maximum Gasteiger partial charge on any atom is 0.331 e. The lowest BCUT2D eigenvalue weighted by Gasteiger charge is -2.08. The van der Waals surface area contributed by atoms with Crippen molar-refractivity contribution < 1.29 is 9.47 Å². The first-order valence-electron chi connectivity index (χ1n) is 4.11. The van der Waals surface area contributed by atoms with Crippen LogP contribution in [0.2, 0.25) is 0 Å². The van der Waals surface area contributed by atoms with Crippen molar-refractivity contribution in [3.63, 3.8) is 0 Å². The van der Waals surface area contributed by atoms with Crippen molar-refractivity contribution in [2.24, 2.45) is 7.05 Å². The van der Waals surface area contributed by atoms with Gasteiger partial charge in [-0.1, -0.05) is 0 Å². The third-order valence-corrected chi connectivity index (χ3v) is 1.72. The number of nitrogens with one attached hydrogen (secondary N) is 1. The molecule has 0 aromatic carbocycles. The highest BCUT2D eigenvalue weighted by Gasteiger charge is 2.12. The van der Waals surface area contributed by atoms with E-state index < -0.39 is 11.2 Å². The number of nitrogens with zero attached hydrogens (tertiary/aromatic N) is 1. The Bertz CT molecular complexity index is 432. The van der Waals surface area contributed by atoms with E-state index in [0.717, 1.165) is 4.57 Å². The lowest BCUT2D eigenvalue weighted by Crippen LogP contribution is -2.33. The van der Waals surface area contributed by atoms with Crippen molar-refractivity contribution in [3.8, 4) is 11.6 Å². The second-order valence-electron chi connectivity index (χ2n) is 2.59. The molecule has 1 rings (SSSR count). The second kappa shape index (κ2) is 3.99. The van der Waals surface area contributed by atoms with Crippen molar-refractivity contribution in [1.29, 1.82) is 0 Å². The van der Waals surface area contributed by atoms with E-state index >= 15 is 0 Å². The summed E-state index contributed by atoms with van der Waals surface area (Å²) in [5.41, 5.74) is -1.04. The third kappa shape index (κ3) is 1.63. The number of rotatable bonds is 3. The number of hydrogen-bond acceptors (Lipinski definition) is 4. The summed E-state index contributed by atoms with van der Waals surface area (Å²) in [6, 6.07) is 0. The largest absolute Gasteiger partial charge is 0.487 e. The molecule has 0 aliphatic rings. The molecule has 1 aromatic heterocycles. The first kappa shape index (κ1) is 10.4. The molecule has 0 saturated carbocycles. The zero-order valence-electron chi connectivity index (χ0n) is 8.29. The van der Waals surface area contributed by atoms with E-state index in [-0.39, 0.29) is 11.6 Å². The van der Waals surface area contributed by atoms with Gasteiger partial charge in [0.15, 0.2) is 0 Å². The van der Waals surface area contributed by atoms with Crippen LogP contribution in [0.5, 0.6) is 11.6 Å². The minimum Gasteiger partial charge on any atom is -0.487 e. The Kier molecular flexibility index (Phi) is 2.95. The maximum atomic E-state index is 11.5. The molecule has 0 spiro atoms. The molecular formula is C8H12N2O4. The third-order valence-electron chi connectivity index (χ3n) is 1.72. The van der Waals surface area contributed by atoms with Crippen LogP contribution in [0.15, 0.2) is 9.59 Å². The fourth-order valence-corrected chi connectivity index (χ4v) is 1.01. The number of aromatic amines is 1.